The Bertz CT molecular complexity index is 1460. The molecule has 3 amide bonds. The second-order valence-corrected chi connectivity index (χ2v) is 14.3. The first-order valence-electron chi connectivity index (χ1n) is 15.4. The maximum absolute atomic E-state index is 15.8. The molecule has 2 aromatic carbocycles. The number of carboxylic acid groups (broad SMARTS) is 1. The molecule has 46 heavy (non-hydrogen) atoms. The number of carboxylic acids is 1. The van der Waals surface area contributed by atoms with E-state index in [1.165, 1.54) is 38.2 Å². The zero-order chi connectivity index (χ0) is 34.0. The van der Waals surface area contributed by atoms with Crippen molar-refractivity contribution in [2.75, 3.05) is 18.4 Å². The Kier molecular flexibility index (Phi) is 10.9. The normalized spacial score (nSPS) is 23.1. The van der Waals surface area contributed by atoms with E-state index >= 15 is 4.39 Å². The minimum Gasteiger partial charge on any atom is -0.475 e. The van der Waals surface area contributed by atoms with Crippen molar-refractivity contribution in [3.8, 4) is 0 Å². The second-order valence-electron chi connectivity index (χ2n) is 13.5. The van der Waals surface area contributed by atoms with Crippen LogP contribution in [0, 0.1) is 23.1 Å². The van der Waals surface area contributed by atoms with Gasteiger partial charge >= 0.3 is 18.2 Å². The Morgan fingerprint density at radius 3 is 2.35 bits per heavy atom. The summed E-state index contributed by atoms with van der Waals surface area (Å²) in [6.07, 6.45) is 2.68. The van der Waals surface area contributed by atoms with Gasteiger partial charge in [0, 0.05) is 29.4 Å². The molecule has 1 spiro atoms. The summed E-state index contributed by atoms with van der Waals surface area (Å²) in [4.78, 5) is 38.6. The van der Waals surface area contributed by atoms with Gasteiger partial charge < -0.3 is 20.6 Å². The number of alkyl halides is 3. The van der Waals surface area contributed by atoms with Crippen molar-refractivity contribution in [1.82, 2.24) is 10.2 Å². The molecule has 5 rings (SSSR count). The molecule has 3 aliphatic rings. The molecule has 3 N–H and O–H groups in total. The Morgan fingerprint density at radius 2 is 1.74 bits per heavy atom. The lowest BCUT2D eigenvalue weighted by atomic mass is 9.63. The van der Waals surface area contributed by atoms with E-state index in [1.807, 2.05) is 6.07 Å². The van der Waals surface area contributed by atoms with Crippen LogP contribution in [0.5, 0.6) is 0 Å². The van der Waals surface area contributed by atoms with Crippen LogP contribution < -0.4 is 10.6 Å². The minimum atomic E-state index is -5.08. The molecule has 0 bridgehead atoms. The molecule has 3 atom stereocenters. The molecule has 0 unspecified atom stereocenters. The number of anilines is 1. The van der Waals surface area contributed by atoms with E-state index in [0.717, 1.165) is 12.0 Å². The molecule has 1 saturated carbocycles. The minimum absolute atomic E-state index is 0.0330. The largest absolute Gasteiger partial charge is 0.490 e. The van der Waals surface area contributed by atoms with Crippen molar-refractivity contribution in [3.63, 3.8) is 0 Å². The summed E-state index contributed by atoms with van der Waals surface area (Å²) in [7, 11) is 0. The fraction of sp³-hybridized carbons (Fsp3) is 0.545. The highest BCUT2D eigenvalue weighted by Gasteiger charge is 2.65. The average molecular weight is 689 g/mol. The molecule has 2 fully saturated rings. The van der Waals surface area contributed by atoms with Gasteiger partial charge in [-0.2, -0.15) is 13.2 Å². The summed E-state index contributed by atoms with van der Waals surface area (Å²) in [6.45, 7) is 7.24. The molecule has 1 saturated heterocycles. The van der Waals surface area contributed by atoms with Crippen LogP contribution in [-0.4, -0.2) is 47.2 Å². The first kappa shape index (κ1) is 35.8. The van der Waals surface area contributed by atoms with Gasteiger partial charge in [0.05, 0.1) is 11.1 Å². The number of fused-ring (bicyclic) bond motifs is 2. The summed E-state index contributed by atoms with van der Waals surface area (Å²) in [5.74, 6) is -3.23. The van der Waals surface area contributed by atoms with Crippen LogP contribution >= 0.6 is 23.2 Å². The molecule has 2 heterocycles. The Hall–Kier alpha value is -3.05. The third-order valence-corrected chi connectivity index (χ3v) is 9.57. The number of hydrogen-bond donors (Lipinski definition) is 3. The van der Waals surface area contributed by atoms with E-state index in [1.54, 1.807) is 29.2 Å². The molecular weight excluding hydrogens is 649 g/mol. The number of carbonyl (C=O) groups excluding carboxylic acids is 2. The first-order chi connectivity index (χ1) is 21.5. The highest BCUT2D eigenvalue weighted by Crippen LogP contribution is 2.60. The van der Waals surface area contributed by atoms with Crippen molar-refractivity contribution in [2.45, 2.75) is 83.4 Å². The number of halogens is 6. The molecule has 2 aromatic rings. The third kappa shape index (κ3) is 7.56. The van der Waals surface area contributed by atoms with Crippen molar-refractivity contribution < 1.29 is 37.1 Å². The summed E-state index contributed by atoms with van der Waals surface area (Å²) in [5, 5.41) is 13.7. The Morgan fingerprint density at radius 1 is 1.09 bits per heavy atom. The third-order valence-electron chi connectivity index (χ3n) is 9.05. The van der Waals surface area contributed by atoms with Gasteiger partial charge in [0.1, 0.15) is 11.2 Å². The number of urea groups is 1. The van der Waals surface area contributed by atoms with Gasteiger partial charge in [-0.15, -0.1) is 0 Å². The SMILES string of the molecule is CC(C)(C)C[C@@H]1CN(C(=O)NCCC2CCCCC2)[C@H](c2cccc(Cl)c2F)[C@]12C(=O)Nc1cc(Cl)ccc12.O=C(O)C(F)(F)F. The number of hydrogen-bond acceptors (Lipinski definition) is 3. The van der Waals surface area contributed by atoms with Gasteiger partial charge in [-0.3, -0.25) is 4.79 Å². The summed E-state index contributed by atoms with van der Waals surface area (Å²) >= 11 is 12.6. The number of benzene rings is 2. The van der Waals surface area contributed by atoms with E-state index < -0.39 is 29.4 Å². The summed E-state index contributed by atoms with van der Waals surface area (Å²) < 4.78 is 47.5. The average Bonchev–Trinajstić information content (AvgIpc) is 3.43. The van der Waals surface area contributed by atoms with Crippen molar-refractivity contribution >= 4 is 46.8 Å². The smallest absolute Gasteiger partial charge is 0.475 e. The van der Waals surface area contributed by atoms with Crippen LogP contribution in [-0.2, 0) is 15.0 Å². The van der Waals surface area contributed by atoms with Gasteiger partial charge in [0.25, 0.3) is 0 Å². The van der Waals surface area contributed by atoms with Crippen LogP contribution in [0.1, 0.15) is 82.9 Å². The quantitative estimate of drug-likeness (QED) is 0.274. The van der Waals surface area contributed by atoms with Gasteiger partial charge in [-0.1, -0.05) is 94.3 Å². The lowest BCUT2D eigenvalue weighted by molar-refractivity contribution is -0.192. The molecule has 7 nitrogen and oxygen atoms in total. The van der Waals surface area contributed by atoms with Crippen molar-refractivity contribution in [3.05, 3.63) is 63.4 Å². The van der Waals surface area contributed by atoms with E-state index in [0.29, 0.717) is 36.1 Å². The van der Waals surface area contributed by atoms with Crippen molar-refractivity contribution in [2.24, 2.45) is 17.3 Å². The van der Waals surface area contributed by atoms with Gasteiger partial charge in [0.2, 0.25) is 5.91 Å². The molecule has 0 radical (unpaired) electrons. The van der Waals surface area contributed by atoms with Gasteiger partial charge in [0.15, 0.2) is 0 Å². The van der Waals surface area contributed by atoms with Crippen LogP contribution in [0.4, 0.5) is 28.0 Å². The van der Waals surface area contributed by atoms with Crippen LogP contribution in [0.3, 0.4) is 0 Å². The number of aliphatic carboxylic acids is 1. The number of rotatable bonds is 5. The summed E-state index contributed by atoms with van der Waals surface area (Å²) in [6, 6.07) is 9.01. The fourth-order valence-corrected chi connectivity index (χ4v) is 7.59. The molecule has 252 valence electrons. The number of carbonyl (C=O) groups is 3. The van der Waals surface area contributed by atoms with Gasteiger partial charge in [-0.25, -0.2) is 14.0 Å². The summed E-state index contributed by atoms with van der Waals surface area (Å²) in [5.41, 5.74) is 0.267. The van der Waals surface area contributed by atoms with Crippen LogP contribution in [0.2, 0.25) is 10.0 Å². The van der Waals surface area contributed by atoms with E-state index in [9.17, 15) is 22.8 Å². The number of amides is 3. The number of likely N-dealkylation sites (tertiary alicyclic amines) is 1. The zero-order valence-corrected chi connectivity index (χ0v) is 27.5. The number of nitrogens with zero attached hydrogens (tertiary/aromatic N) is 1. The predicted molar refractivity (Wildman–Crippen MR) is 168 cm³/mol. The molecule has 0 aromatic heterocycles. The maximum atomic E-state index is 15.8. The second kappa shape index (κ2) is 14.0. The highest BCUT2D eigenvalue weighted by atomic mass is 35.5. The standard InChI is InChI=1S/C31H38Cl2FN3O2.C2HF3O2/c1-30(2,3)17-20-18-37(29(39)35-15-14-19-8-5-4-6-9-19)27(22-10-7-11-24(33)26(22)34)31(20)23-13-12-21(32)16-25(23)36-28(31)38;3-2(4,5)1(6)7/h7,10-13,16,19-20,27H,4-6,8-9,14-15,17-18H2,1-3H3,(H,35,39)(H,36,38);(H,6,7)/t20-,27-,31+;/m1./s1. The lowest BCUT2D eigenvalue weighted by Crippen LogP contribution is -2.48. The molecular formula is C33H39Cl2F4N3O4. The first-order valence-corrected chi connectivity index (χ1v) is 16.1. The van der Waals surface area contributed by atoms with E-state index in [4.69, 9.17) is 33.1 Å². The van der Waals surface area contributed by atoms with Crippen molar-refractivity contribution in [1.29, 1.82) is 0 Å². The van der Waals surface area contributed by atoms with Gasteiger partial charge in [-0.05, 0) is 53.9 Å². The number of nitrogens with one attached hydrogen (secondary N) is 2. The monoisotopic (exact) mass is 687 g/mol. The molecule has 2 aliphatic heterocycles. The van der Waals surface area contributed by atoms with E-state index in [2.05, 4.69) is 31.4 Å². The molecule has 13 heteroatoms. The Labute approximate surface area is 276 Å². The maximum Gasteiger partial charge on any atom is 0.490 e. The van der Waals surface area contributed by atoms with Crippen LogP contribution in [0.25, 0.3) is 0 Å². The van der Waals surface area contributed by atoms with E-state index in [-0.39, 0.29) is 33.9 Å². The van der Waals surface area contributed by atoms with Crippen LogP contribution in [0.15, 0.2) is 36.4 Å². The zero-order valence-electron chi connectivity index (χ0n) is 25.9. The molecule has 1 aliphatic carbocycles. The topological polar surface area (TPSA) is 98.7 Å². The lowest BCUT2D eigenvalue weighted by Gasteiger charge is -2.38. The fourth-order valence-electron chi connectivity index (χ4n) is 7.23. The highest BCUT2D eigenvalue weighted by molar-refractivity contribution is 6.31. The predicted octanol–water partition coefficient (Wildman–Crippen LogP) is 8.75. The Balaban J connectivity index is 0.000000617.